The third-order valence-corrected chi connectivity index (χ3v) is 4.12. The lowest BCUT2D eigenvalue weighted by Gasteiger charge is -2.41. The molecular weight excluding hydrogens is 266 g/mol. The molecule has 0 aromatic heterocycles. The molecule has 1 aromatic carbocycles. The molecule has 2 fully saturated rings. The summed E-state index contributed by atoms with van der Waals surface area (Å²) >= 11 is 3.47. The van der Waals surface area contributed by atoms with Gasteiger partial charge >= 0.3 is 0 Å². The Morgan fingerprint density at radius 3 is 2.31 bits per heavy atom. The van der Waals surface area contributed by atoms with Gasteiger partial charge in [-0.05, 0) is 36.5 Å². The maximum atomic E-state index is 5.16. The molecule has 0 unspecified atom stereocenters. The lowest BCUT2D eigenvalue weighted by atomic mass is 9.75. The van der Waals surface area contributed by atoms with Crippen LogP contribution in [0.2, 0.25) is 0 Å². The van der Waals surface area contributed by atoms with E-state index in [9.17, 15) is 0 Å². The van der Waals surface area contributed by atoms with Crippen molar-refractivity contribution in [3.63, 3.8) is 0 Å². The molecule has 86 valence electrons. The zero-order valence-corrected chi connectivity index (χ0v) is 10.7. The minimum Gasteiger partial charge on any atom is -0.378 e. The van der Waals surface area contributed by atoms with Gasteiger partial charge in [0.15, 0.2) is 0 Å². The number of hydrogen-bond acceptors (Lipinski definition) is 2. The van der Waals surface area contributed by atoms with Gasteiger partial charge in [-0.2, -0.15) is 0 Å². The fourth-order valence-electron chi connectivity index (χ4n) is 2.43. The second-order valence-corrected chi connectivity index (χ2v) is 5.73. The van der Waals surface area contributed by atoms with E-state index in [1.165, 1.54) is 18.4 Å². The average molecular weight is 282 g/mol. The van der Waals surface area contributed by atoms with Crippen LogP contribution in [0.1, 0.15) is 24.3 Å². The number of rotatable bonds is 3. The fourth-order valence-corrected chi connectivity index (χ4v) is 2.69. The minimum absolute atomic E-state index is 0.621. The van der Waals surface area contributed by atoms with Crippen LogP contribution in [0.25, 0.3) is 0 Å². The van der Waals surface area contributed by atoms with Crippen LogP contribution >= 0.6 is 15.9 Å². The predicted octanol–water partition coefficient (Wildman–Crippen LogP) is 2.68. The molecule has 2 nitrogen and oxygen atoms in total. The Morgan fingerprint density at radius 2 is 1.75 bits per heavy atom. The van der Waals surface area contributed by atoms with Crippen LogP contribution in [0.15, 0.2) is 28.7 Å². The standard InChI is InChI=1S/C13H16BrNO/c14-11-3-1-9(2-4-11)10-5-12(6-10)15-13-7-16-8-13/h1-4,10,12-13,15H,5-8H2. The minimum atomic E-state index is 0.621. The Kier molecular flexibility index (Phi) is 3.01. The molecule has 1 N–H and O–H groups in total. The van der Waals surface area contributed by atoms with Crippen LogP contribution in [0.5, 0.6) is 0 Å². The highest BCUT2D eigenvalue weighted by Gasteiger charge is 2.33. The smallest absolute Gasteiger partial charge is 0.0643 e. The molecule has 1 saturated carbocycles. The normalized spacial score (nSPS) is 29.6. The van der Waals surface area contributed by atoms with Crippen LogP contribution in [0.3, 0.4) is 0 Å². The summed E-state index contributed by atoms with van der Waals surface area (Å²) in [7, 11) is 0. The Bertz CT molecular complexity index is 355. The summed E-state index contributed by atoms with van der Waals surface area (Å²) < 4.78 is 6.33. The summed E-state index contributed by atoms with van der Waals surface area (Å²) in [5.41, 5.74) is 1.48. The molecule has 2 aliphatic rings. The highest BCUT2D eigenvalue weighted by Crippen LogP contribution is 2.37. The molecule has 3 heteroatoms. The van der Waals surface area contributed by atoms with Crippen molar-refractivity contribution in [1.29, 1.82) is 0 Å². The van der Waals surface area contributed by atoms with Gasteiger partial charge < -0.3 is 10.1 Å². The van der Waals surface area contributed by atoms with E-state index in [4.69, 9.17) is 4.74 Å². The first-order valence-corrected chi connectivity index (χ1v) is 6.70. The molecule has 0 radical (unpaired) electrons. The number of ether oxygens (including phenoxy) is 1. The molecule has 0 atom stereocenters. The molecule has 0 bridgehead atoms. The molecular formula is C13H16BrNO. The molecule has 1 saturated heterocycles. The van der Waals surface area contributed by atoms with E-state index in [1.54, 1.807) is 0 Å². The lowest BCUT2D eigenvalue weighted by Crippen LogP contribution is -2.53. The first-order chi connectivity index (χ1) is 7.81. The van der Waals surface area contributed by atoms with Crippen molar-refractivity contribution in [2.45, 2.75) is 30.8 Å². The van der Waals surface area contributed by atoms with Gasteiger partial charge in [0.2, 0.25) is 0 Å². The van der Waals surface area contributed by atoms with Crippen LogP contribution in [-0.2, 0) is 4.74 Å². The van der Waals surface area contributed by atoms with E-state index < -0.39 is 0 Å². The monoisotopic (exact) mass is 281 g/mol. The Hall–Kier alpha value is -0.380. The maximum absolute atomic E-state index is 5.16. The van der Waals surface area contributed by atoms with Crippen molar-refractivity contribution in [2.24, 2.45) is 0 Å². The summed E-state index contributed by atoms with van der Waals surface area (Å²) in [5.74, 6) is 0.756. The van der Waals surface area contributed by atoms with Gasteiger partial charge in [0.05, 0.1) is 19.3 Å². The number of hydrogen-bond donors (Lipinski definition) is 1. The lowest BCUT2D eigenvalue weighted by molar-refractivity contribution is -0.0157. The highest BCUT2D eigenvalue weighted by atomic mass is 79.9. The van der Waals surface area contributed by atoms with Crippen molar-refractivity contribution in [2.75, 3.05) is 13.2 Å². The second-order valence-electron chi connectivity index (χ2n) is 4.82. The largest absolute Gasteiger partial charge is 0.378 e. The third kappa shape index (κ3) is 2.17. The van der Waals surface area contributed by atoms with Gasteiger partial charge in [0, 0.05) is 10.5 Å². The van der Waals surface area contributed by atoms with E-state index in [0.717, 1.165) is 23.6 Å². The molecule has 1 heterocycles. The summed E-state index contributed by atoms with van der Waals surface area (Å²) in [4.78, 5) is 0. The summed E-state index contributed by atoms with van der Waals surface area (Å²) in [6.07, 6.45) is 2.55. The van der Waals surface area contributed by atoms with Crippen molar-refractivity contribution in [1.82, 2.24) is 5.32 Å². The molecule has 1 aliphatic carbocycles. The Labute approximate surface area is 105 Å². The summed E-state index contributed by atoms with van der Waals surface area (Å²) in [6, 6.07) is 10.1. The van der Waals surface area contributed by atoms with E-state index in [0.29, 0.717) is 12.1 Å². The maximum Gasteiger partial charge on any atom is 0.0643 e. The van der Waals surface area contributed by atoms with Crippen LogP contribution in [0, 0.1) is 0 Å². The summed E-state index contributed by atoms with van der Waals surface area (Å²) in [6.45, 7) is 1.80. The van der Waals surface area contributed by atoms with E-state index in [1.807, 2.05) is 0 Å². The zero-order valence-electron chi connectivity index (χ0n) is 9.16. The van der Waals surface area contributed by atoms with Crippen molar-refractivity contribution >= 4 is 15.9 Å². The molecule has 0 amide bonds. The average Bonchev–Trinajstić information content (AvgIpc) is 2.15. The first kappa shape index (κ1) is 10.8. The van der Waals surface area contributed by atoms with E-state index in [-0.39, 0.29) is 0 Å². The molecule has 16 heavy (non-hydrogen) atoms. The van der Waals surface area contributed by atoms with Gasteiger partial charge in [-0.15, -0.1) is 0 Å². The number of halogens is 1. The molecule has 1 aliphatic heterocycles. The number of benzene rings is 1. The van der Waals surface area contributed by atoms with Gasteiger partial charge in [-0.25, -0.2) is 0 Å². The Balaban J connectivity index is 1.50. The van der Waals surface area contributed by atoms with Crippen LogP contribution < -0.4 is 5.32 Å². The number of nitrogens with one attached hydrogen (secondary N) is 1. The quantitative estimate of drug-likeness (QED) is 0.920. The van der Waals surface area contributed by atoms with Crippen molar-refractivity contribution < 1.29 is 4.74 Å². The molecule has 3 rings (SSSR count). The zero-order chi connectivity index (χ0) is 11.0. The second kappa shape index (κ2) is 4.47. The molecule has 0 spiro atoms. The molecule has 1 aromatic rings. The van der Waals surface area contributed by atoms with Crippen LogP contribution in [0.4, 0.5) is 0 Å². The van der Waals surface area contributed by atoms with Crippen molar-refractivity contribution in [3.05, 3.63) is 34.3 Å². The predicted molar refractivity (Wildman–Crippen MR) is 67.6 cm³/mol. The highest BCUT2D eigenvalue weighted by molar-refractivity contribution is 9.10. The topological polar surface area (TPSA) is 21.3 Å². The summed E-state index contributed by atoms with van der Waals surface area (Å²) in [5, 5.41) is 3.63. The Morgan fingerprint density at radius 1 is 1.06 bits per heavy atom. The fraction of sp³-hybridized carbons (Fsp3) is 0.538. The van der Waals surface area contributed by atoms with E-state index >= 15 is 0 Å². The van der Waals surface area contributed by atoms with E-state index in [2.05, 4.69) is 45.5 Å². The third-order valence-electron chi connectivity index (χ3n) is 3.59. The van der Waals surface area contributed by atoms with Gasteiger partial charge in [-0.1, -0.05) is 28.1 Å². The van der Waals surface area contributed by atoms with Gasteiger partial charge in [-0.3, -0.25) is 0 Å². The van der Waals surface area contributed by atoms with Gasteiger partial charge in [0.25, 0.3) is 0 Å². The first-order valence-electron chi connectivity index (χ1n) is 5.90. The van der Waals surface area contributed by atoms with Crippen molar-refractivity contribution in [3.8, 4) is 0 Å². The SMILES string of the molecule is Brc1ccc(C2CC(NC3COC3)C2)cc1. The van der Waals surface area contributed by atoms with Gasteiger partial charge in [0.1, 0.15) is 0 Å². The van der Waals surface area contributed by atoms with Crippen LogP contribution in [-0.4, -0.2) is 25.3 Å².